The number of nitrogens with one attached hydrogen (secondary N) is 1. The Hall–Kier alpha value is -2.62. The quantitative estimate of drug-likeness (QED) is 0.782. The molecule has 3 rings (SSSR count). The summed E-state index contributed by atoms with van der Waals surface area (Å²) in [7, 11) is 0. The van der Waals surface area contributed by atoms with Crippen molar-refractivity contribution in [3.63, 3.8) is 0 Å². The van der Waals surface area contributed by atoms with E-state index in [4.69, 9.17) is 4.42 Å². The maximum Gasteiger partial charge on any atom is 0.248 e. The Bertz CT molecular complexity index is 692. The van der Waals surface area contributed by atoms with Crippen molar-refractivity contribution in [1.29, 1.82) is 0 Å². The molecular weight excluding hydrogens is 250 g/mol. The maximum absolute atomic E-state index is 5.69. The highest BCUT2D eigenvalue weighted by molar-refractivity contribution is 5.57. The lowest BCUT2D eigenvalue weighted by Gasteiger charge is -2.02. The fraction of sp³-hybridized carbons (Fsp3) is 0.125. The van der Waals surface area contributed by atoms with E-state index in [0.29, 0.717) is 18.3 Å². The molecule has 100 valence electrons. The summed E-state index contributed by atoms with van der Waals surface area (Å²) in [6.07, 6.45) is 0. The predicted molar refractivity (Wildman–Crippen MR) is 78.2 cm³/mol. The first-order valence-corrected chi connectivity index (χ1v) is 6.50. The maximum atomic E-state index is 5.69. The zero-order valence-electron chi connectivity index (χ0n) is 11.2. The highest BCUT2D eigenvalue weighted by atomic mass is 16.4. The Morgan fingerprint density at radius 2 is 1.70 bits per heavy atom. The molecule has 1 N–H and O–H groups in total. The van der Waals surface area contributed by atoms with E-state index >= 15 is 0 Å². The molecule has 4 nitrogen and oxygen atoms in total. The van der Waals surface area contributed by atoms with Crippen molar-refractivity contribution in [2.75, 3.05) is 5.32 Å². The number of para-hydroxylation sites is 1. The highest BCUT2D eigenvalue weighted by Crippen LogP contribution is 2.21. The topological polar surface area (TPSA) is 51.0 Å². The van der Waals surface area contributed by atoms with Crippen LogP contribution in [0.5, 0.6) is 0 Å². The fourth-order valence-corrected chi connectivity index (χ4v) is 1.98. The Labute approximate surface area is 117 Å². The molecule has 0 spiro atoms. The zero-order valence-corrected chi connectivity index (χ0v) is 11.2. The van der Waals surface area contributed by atoms with Crippen molar-refractivity contribution in [2.24, 2.45) is 0 Å². The SMILES string of the molecule is Cc1ccccc1-c1nnc(CNc2ccccc2)o1. The smallest absolute Gasteiger partial charge is 0.248 e. The van der Waals surface area contributed by atoms with Crippen LogP contribution in [-0.2, 0) is 6.54 Å². The standard InChI is InChI=1S/C16H15N3O/c1-12-7-5-6-10-14(12)16-19-18-15(20-16)11-17-13-8-3-2-4-9-13/h2-10,17H,11H2,1H3. The van der Waals surface area contributed by atoms with Gasteiger partial charge in [-0.2, -0.15) is 0 Å². The van der Waals surface area contributed by atoms with Gasteiger partial charge in [-0.15, -0.1) is 10.2 Å². The largest absolute Gasteiger partial charge is 0.419 e. The lowest BCUT2D eigenvalue weighted by Crippen LogP contribution is -1.99. The van der Waals surface area contributed by atoms with Crippen molar-refractivity contribution >= 4 is 5.69 Å². The van der Waals surface area contributed by atoms with E-state index < -0.39 is 0 Å². The van der Waals surface area contributed by atoms with E-state index in [-0.39, 0.29) is 0 Å². The van der Waals surface area contributed by atoms with Crippen LogP contribution < -0.4 is 5.32 Å². The van der Waals surface area contributed by atoms with Crippen molar-refractivity contribution < 1.29 is 4.42 Å². The van der Waals surface area contributed by atoms with Crippen molar-refractivity contribution in [1.82, 2.24) is 10.2 Å². The molecule has 20 heavy (non-hydrogen) atoms. The summed E-state index contributed by atoms with van der Waals surface area (Å²) < 4.78 is 5.69. The average molecular weight is 265 g/mol. The van der Waals surface area contributed by atoms with Crippen LogP contribution in [0.1, 0.15) is 11.5 Å². The van der Waals surface area contributed by atoms with Crippen LogP contribution in [-0.4, -0.2) is 10.2 Å². The molecule has 4 heteroatoms. The average Bonchev–Trinajstić information content (AvgIpc) is 2.95. The summed E-state index contributed by atoms with van der Waals surface area (Å²) in [4.78, 5) is 0. The molecule has 0 aliphatic heterocycles. The molecule has 0 bridgehead atoms. The van der Waals surface area contributed by atoms with Crippen molar-refractivity contribution in [3.05, 3.63) is 66.1 Å². The minimum absolute atomic E-state index is 0.517. The fourth-order valence-electron chi connectivity index (χ4n) is 1.98. The highest BCUT2D eigenvalue weighted by Gasteiger charge is 2.09. The first-order valence-electron chi connectivity index (χ1n) is 6.50. The van der Waals surface area contributed by atoms with Crippen LogP contribution in [0.2, 0.25) is 0 Å². The number of rotatable bonds is 4. The number of nitrogens with zero attached hydrogens (tertiary/aromatic N) is 2. The molecule has 0 saturated heterocycles. The van der Waals surface area contributed by atoms with Gasteiger partial charge >= 0.3 is 0 Å². The van der Waals surface area contributed by atoms with Gasteiger partial charge in [0.05, 0.1) is 6.54 Å². The van der Waals surface area contributed by atoms with Gasteiger partial charge in [-0.1, -0.05) is 36.4 Å². The molecule has 0 saturated carbocycles. The molecule has 2 aromatic carbocycles. The molecule has 3 aromatic rings. The second-order valence-electron chi connectivity index (χ2n) is 4.54. The van der Waals surface area contributed by atoms with E-state index in [1.165, 1.54) is 0 Å². The zero-order chi connectivity index (χ0) is 13.8. The summed E-state index contributed by atoms with van der Waals surface area (Å²) >= 11 is 0. The van der Waals surface area contributed by atoms with Gasteiger partial charge in [-0.3, -0.25) is 0 Å². The van der Waals surface area contributed by atoms with Gasteiger partial charge < -0.3 is 9.73 Å². The Morgan fingerprint density at radius 3 is 2.50 bits per heavy atom. The molecule has 0 unspecified atom stereocenters. The van der Waals surface area contributed by atoms with Gasteiger partial charge in [0.25, 0.3) is 0 Å². The van der Waals surface area contributed by atoms with Crippen LogP contribution >= 0.6 is 0 Å². The van der Waals surface area contributed by atoms with Crippen LogP contribution in [0, 0.1) is 6.92 Å². The van der Waals surface area contributed by atoms with Gasteiger partial charge in [0.1, 0.15) is 0 Å². The Balaban J connectivity index is 1.73. The minimum atomic E-state index is 0.517. The Morgan fingerprint density at radius 1 is 0.950 bits per heavy atom. The third-order valence-electron chi connectivity index (χ3n) is 3.06. The van der Waals surface area contributed by atoms with Crippen LogP contribution in [0.15, 0.2) is 59.0 Å². The first kappa shape index (κ1) is 12.4. The molecule has 0 amide bonds. The number of aromatic nitrogens is 2. The minimum Gasteiger partial charge on any atom is -0.419 e. The molecule has 0 atom stereocenters. The van der Waals surface area contributed by atoms with Crippen LogP contribution in [0.3, 0.4) is 0 Å². The van der Waals surface area contributed by atoms with Crippen molar-refractivity contribution in [3.8, 4) is 11.5 Å². The van der Waals surface area contributed by atoms with Crippen LogP contribution in [0.25, 0.3) is 11.5 Å². The third-order valence-corrected chi connectivity index (χ3v) is 3.06. The lowest BCUT2D eigenvalue weighted by atomic mass is 10.1. The molecule has 1 aromatic heterocycles. The summed E-state index contributed by atoms with van der Waals surface area (Å²) in [6, 6.07) is 17.9. The number of anilines is 1. The van der Waals surface area contributed by atoms with Gasteiger partial charge in [-0.05, 0) is 30.7 Å². The molecule has 1 heterocycles. The number of benzene rings is 2. The van der Waals surface area contributed by atoms with E-state index in [0.717, 1.165) is 16.8 Å². The second-order valence-corrected chi connectivity index (χ2v) is 4.54. The first-order chi connectivity index (χ1) is 9.83. The van der Waals surface area contributed by atoms with E-state index in [1.54, 1.807) is 0 Å². The van der Waals surface area contributed by atoms with Gasteiger partial charge in [0.15, 0.2) is 0 Å². The lowest BCUT2D eigenvalue weighted by molar-refractivity contribution is 0.514. The van der Waals surface area contributed by atoms with Gasteiger partial charge in [0, 0.05) is 11.3 Å². The van der Waals surface area contributed by atoms with Crippen LogP contribution in [0.4, 0.5) is 5.69 Å². The second kappa shape index (κ2) is 5.57. The van der Waals surface area contributed by atoms with E-state index in [1.807, 2.05) is 61.5 Å². The monoisotopic (exact) mass is 265 g/mol. The van der Waals surface area contributed by atoms with Gasteiger partial charge in [0.2, 0.25) is 11.8 Å². The predicted octanol–water partition coefficient (Wildman–Crippen LogP) is 3.66. The summed E-state index contributed by atoms with van der Waals surface area (Å²) in [5, 5.41) is 11.4. The van der Waals surface area contributed by atoms with Gasteiger partial charge in [-0.25, -0.2) is 0 Å². The summed E-state index contributed by atoms with van der Waals surface area (Å²) in [6.45, 7) is 2.55. The molecule has 0 radical (unpaired) electrons. The number of hydrogen-bond acceptors (Lipinski definition) is 4. The number of hydrogen-bond donors (Lipinski definition) is 1. The normalized spacial score (nSPS) is 10.4. The molecular formula is C16H15N3O. The van der Waals surface area contributed by atoms with E-state index in [2.05, 4.69) is 15.5 Å². The molecule has 0 fully saturated rings. The van der Waals surface area contributed by atoms with E-state index in [9.17, 15) is 0 Å². The van der Waals surface area contributed by atoms with Crippen molar-refractivity contribution in [2.45, 2.75) is 13.5 Å². The molecule has 0 aliphatic carbocycles. The Kier molecular flexibility index (Phi) is 3.46. The summed E-state index contributed by atoms with van der Waals surface area (Å²) in [5.41, 5.74) is 3.13. The third kappa shape index (κ3) is 2.69. The summed E-state index contributed by atoms with van der Waals surface area (Å²) in [5.74, 6) is 1.14. The number of aryl methyl sites for hydroxylation is 1. The molecule has 0 aliphatic rings.